The zero-order valence-corrected chi connectivity index (χ0v) is 16.2. The van der Waals surface area contributed by atoms with Crippen molar-refractivity contribution in [3.8, 4) is 28.6 Å². The molecule has 150 valence electrons. The Labute approximate surface area is 169 Å². The number of likely N-dealkylation sites (tertiary alicyclic amines) is 1. The van der Waals surface area contributed by atoms with Gasteiger partial charge in [0.25, 0.3) is 5.89 Å². The van der Waals surface area contributed by atoms with E-state index in [1.165, 1.54) is 0 Å². The summed E-state index contributed by atoms with van der Waals surface area (Å²) in [4.78, 5) is 11.1. The lowest BCUT2D eigenvalue weighted by Crippen LogP contribution is -2.38. The van der Waals surface area contributed by atoms with E-state index in [0.717, 1.165) is 62.4 Å². The van der Waals surface area contributed by atoms with Crippen LogP contribution in [0, 0.1) is 0 Å². The Morgan fingerprint density at radius 3 is 2.69 bits per heavy atom. The number of nitrogens with zero attached hydrogens (tertiary/aromatic N) is 4. The lowest BCUT2D eigenvalue weighted by atomic mass is 10.1. The summed E-state index contributed by atoms with van der Waals surface area (Å²) in [6.45, 7) is 3.76. The van der Waals surface area contributed by atoms with Crippen molar-refractivity contribution in [3.05, 3.63) is 48.8 Å². The molecule has 3 aromatic rings. The van der Waals surface area contributed by atoms with Gasteiger partial charge in [-0.05, 0) is 43.5 Å². The smallest absolute Gasteiger partial charge is 0.262 e. The molecule has 7 heteroatoms. The van der Waals surface area contributed by atoms with E-state index in [-0.39, 0.29) is 6.10 Å². The number of para-hydroxylation sites is 1. The summed E-state index contributed by atoms with van der Waals surface area (Å²) >= 11 is 0. The molecule has 0 aliphatic carbocycles. The van der Waals surface area contributed by atoms with Crippen molar-refractivity contribution in [1.29, 1.82) is 0 Å². The van der Waals surface area contributed by atoms with Gasteiger partial charge >= 0.3 is 0 Å². The molecular formula is C22H24N4O3. The highest BCUT2D eigenvalue weighted by molar-refractivity contribution is 5.65. The molecule has 2 aliphatic rings. The van der Waals surface area contributed by atoms with Gasteiger partial charge in [-0.2, -0.15) is 4.98 Å². The van der Waals surface area contributed by atoms with E-state index < -0.39 is 0 Å². The van der Waals surface area contributed by atoms with Crippen molar-refractivity contribution in [1.82, 2.24) is 20.0 Å². The molecule has 2 saturated heterocycles. The molecule has 0 bridgehead atoms. The monoisotopic (exact) mass is 392 g/mol. The van der Waals surface area contributed by atoms with Crippen LogP contribution in [0.25, 0.3) is 22.8 Å². The number of pyridine rings is 1. The second kappa shape index (κ2) is 8.31. The first-order valence-corrected chi connectivity index (χ1v) is 10.2. The highest BCUT2D eigenvalue weighted by Gasteiger charge is 2.31. The maximum absolute atomic E-state index is 6.39. The van der Waals surface area contributed by atoms with Gasteiger partial charge in [0.15, 0.2) is 0 Å². The lowest BCUT2D eigenvalue weighted by molar-refractivity contribution is 0.0388. The molecule has 1 aromatic carbocycles. The average molecular weight is 392 g/mol. The molecule has 5 rings (SSSR count). The van der Waals surface area contributed by atoms with Gasteiger partial charge in [0.05, 0.1) is 5.56 Å². The molecule has 0 spiro atoms. The van der Waals surface area contributed by atoms with Crippen LogP contribution in [0.3, 0.4) is 0 Å². The van der Waals surface area contributed by atoms with Crippen LogP contribution in [0.1, 0.15) is 19.3 Å². The molecular weight excluding hydrogens is 368 g/mol. The molecule has 2 fully saturated rings. The standard InChI is InChI=1S/C22H24N4O3/c1-2-4-20(28-18-7-12-26(15-18)17-8-13-27-14-9-17)19(3-1)22-24-21(25-29-22)16-5-10-23-11-6-16/h1-6,10-11,17-18H,7-9,12-15H2. The van der Waals surface area contributed by atoms with Crippen LogP contribution in [-0.2, 0) is 4.74 Å². The fraction of sp³-hybridized carbons (Fsp3) is 0.409. The third-order valence-corrected chi connectivity index (χ3v) is 5.66. The number of hydrogen-bond donors (Lipinski definition) is 0. The van der Waals surface area contributed by atoms with Crippen molar-refractivity contribution in [2.24, 2.45) is 0 Å². The molecule has 7 nitrogen and oxygen atoms in total. The summed E-state index contributed by atoms with van der Waals surface area (Å²) in [5.74, 6) is 1.80. The Bertz CT molecular complexity index is 940. The van der Waals surface area contributed by atoms with Crippen molar-refractivity contribution in [2.75, 3.05) is 26.3 Å². The van der Waals surface area contributed by atoms with E-state index in [1.54, 1.807) is 12.4 Å². The zero-order valence-electron chi connectivity index (χ0n) is 16.2. The number of hydrogen-bond acceptors (Lipinski definition) is 7. The summed E-state index contributed by atoms with van der Waals surface area (Å²) in [5, 5.41) is 4.12. The largest absolute Gasteiger partial charge is 0.488 e. The first-order valence-electron chi connectivity index (χ1n) is 10.2. The highest BCUT2D eigenvalue weighted by Crippen LogP contribution is 2.32. The molecule has 0 amide bonds. The van der Waals surface area contributed by atoms with Gasteiger partial charge in [0.2, 0.25) is 5.82 Å². The van der Waals surface area contributed by atoms with Gasteiger partial charge in [0, 0.05) is 50.3 Å². The second-order valence-corrected chi connectivity index (χ2v) is 7.52. The molecule has 2 aliphatic heterocycles. The number of rotatable bonds is 5. The summed E-state index contributed by atoms with van der Waals surface area (Å²) in [7, 11) is 0. The van der Waals surface area contributed by atoms with Gasteiger partial charge in [-0.15, -0.1) is 0 Å². The van der Waals surface area contributed by atoms with Gasteiger partial charge in [-0.3, -0.25) is 9.88 Å². The second-order valence-electron chi connectivity index (χ2n) is 7.52. The van der Waals surface area contributed by atoms with Crippen molar-refractivity contribution in [3.63, 3.8) is 0 Å². The number of aromatic nitrogens is 3. The van der Waals surface area contributed by atoms with Crippen LogP contribution in [0.5, 0.6) is 5.75 Å². The molecule has 29 heavy (non-hydrogen) atoms. The molecule has 2 aromatic heterocycles. The Morgan fingerprint density at radius 2 is 1.83 bits per heavy atom. The topological polar surface area (TPSA) is 73.5 Å². The van der Waals surface area contributed by atoms with E-state index in [2.05, 4.69) is 20.0 Å². The van der Waals surface area contributed by atoms with Gasteiger partial charge in [-0.1, -0.05) is 17.3 Å². The van der Waals surface area contributed by atoms with Crippen molar-refractivity contribution < 1.29 is 14.0 Å². The van der Waals surface area contributed by atoms with Gasteiger partial charge in [-0.25, -0.2) is 0 Å². The van der Waals surface area contributed by atoms with Crippen LogP contribution in [0.2, 0.25) is 0 Å². The molecule has 1 unspecified atom stereocenters. The summed E-state index contributed by atoms with van der Waals surface area (Å²) in [5.41, 5.74) is 1.70. The molecule has 0 N–H and O–H groups in total. The van der Waals surface area contributed by atoms with Gasteiger partial charge < -0.3 is 14.0 Å². The predicted molar refractivity (Wildman–Crippen MR) is 107 cm³/mol. The van der Waals surface area contributed by atoms with E-state index in [1.807, 2.05) is 36.4 Å². The van der Waals surface area contributed by atoms with Crippen LogP contribution in [0.4, 0.5) is 0 Å². The SMILES string of the molecule is c1ccc(-c2nc(-c3ccncc3)no2)c(OC2CCN(C3CCOCC3)C2)c1. The van der Waals surface area contributed by atoms with Crippen LogP contribution in [-0.4, -0.2) is 58.5 Å². The minimum Gasteiger partial charge on any atom is -0.488 e. The van der Waals surface area contributed by atoms with E-state index in [0.29, 0.717) is 17.8 Å². The van der Waals surface area contributed by atoms with Crippen LogP contribution in [0.15, 0.2) is 53.3 Å². The Balaban J connectivity index is 1.31. The summed E-state index contributed by atoms with van der Waals surface area (Å²) in [6.07, 6.45) is 6.85. The minimum atomic E-state index is 0.168. The quantitative estimate of drug-likeness (QED) is 0.658. The van der Waals surface area contributed by atoms with Crippen molar-refractivity contribution in [2.45, 2.75) is 31.4 Å². The Morgan fingerprint density at radius 1 is 1.00 bits per heavy atom. The Kier molecular flexibility index (Phi) is 5.23. The van der Waals surface area contributed by atoms with Crippen molar-refractivity contribution >= 4 is 0 Å². The van der Waals surface area contributed by atoms with E-state index in [4.69, 9.17) is 14.0 Å². The van der Waals surface area contributed by atoms with Crippen LogP contribution >= 0.6 is 0 Å². The zero-order chi connectivity index (χ0) is 19.5. The summed E-state index contributed by atoms with van der Waals surface area (Å²) < 4.78 is 17.4. The molecule has 0 saturated carbocycles. The molecule has 0 radical (unpaired) electrons. The molecule has 1 atom stereocenters. The van der Waals surface area contributed by atoms with Gasteiger partial charge in [0.1, 0.15) is 11.9 Å². The normalized spacial score (nSPS) is 20.8. The van der Waals surface area contributed by atoms with Crippen LogP contribution < -0.4 is 4.74 Å². The first kappa shape index (κ1) is 18.3. The third-order valence-electron chi connectivity index (χ3n) is 5.66. The average Bonchev–Trinajstić information content (AvgIpc) is 3.46. The fourth-order valence-electron chi connectivity index (χ4n) is 4.11. The predicted octanol–water partition coefficient (Wildman–Crippen LogP) is 3.43. The van der Waals surface area contributed by atoms with E-state index >= 15 is 0 Å². The van der Waals surface area contributed by atoms with E-state index in [9.17, 15) is 0 Å². The summed E-state index contributed by atoms with van der Waals surface area (Å²) in [6, 6.07) is 12.2. The Hall–Kier alpha value is -2.77. The number of benzene rings is 1. The third kappa shape index (κ3) is 4.02. The minimum absolute atomic E-state index is 0.168. The first-order chi connectivity index (χ1) is 14.4. The lowest BCUT2D eigenvalue weighted by Gasteiger charge is -2.30. The molecule has 4 heterocycles. The number of ether oxygens (including phenoxy) is 2. The maximum Gasteiger partial charge on any atom is 0.262 e. The highest BCUT2D eigenvalue weighted by atomic mass is 16.5. The fourth-order valence-corrected chi connectivity index (χ4v) is 4.11. The maximum atomic E-state index is 6.39.